The summed E-state index contributed by atoms with van der Waals surface area (Å²) >= 11 is 1.07. The molecule has 1 aliphatic rings. The van der Waals surface area contributed by atoms with Gasteiger partial charge in [0, 0.05) is 13.0 Å². The van der Waals surface area contributed by atoms with Crippen molar-refractivity contribution in [2.24, 2.45) is 0 Å². The van der Waals surface area contributed by atoms with Crippen LogP contribution in [0.5, 0.6) is 0 Å². The molecule has 0 atom stereocenters. The minimum atomic E-state index is -0.979. The number of carbonyl (C=O) groups excluding carboxylic acids is 2. The number of amides is 2. The van der Waals surface area contributed by atoms with Gasteiger partial charge in [-0.05, 0) is 18.9 Å². The molecule has 2 aromatic rings. The molecule has 0 bridgehead atoms. The maximum Gasteiger partial charge on any atom is 0.251 e. The Hall–Kier alpha value is -2.09. The first-order valence-corrected chi connectivity index (χ1v) is 8.57. The SMILES string of the molecule is CC(=O)NC1(C(=O)Nc2nc3cc(F)c(F)cc3s2)CCCCC1. The number of benzene rings is 1. The summed E-state index contributed by atoms with van der Waals surface area (Å²) in [4.78, 5) is 28.4. The van der Waals surface area contributed by atoms with E-state index in [0.717, 1.165) is 42.7 Å². The molecule has 128 valence electrons. The van der Waals surface area contributed by atoms with Gasteiger partial charge in [0.05, 0.1) is 10.2 Å². The van der Waals surface area contributed by atoms with Gasteiger partial charge in [-0.3, -0.25) is 14.9 Å². The molecule has 0 spiro atoms. The van der Waals surface area contributed by atoms with Crippen LogP contribution in [-0.4, -0.2) is 22.3 Å². The van der Waals surface area contributed by atoms with Crippen molar-refractivity contribution in [3.63, 3.8) is 0 Å². The number of hydrogen-bond donors (Lipinski definition) is 2. The largest absolute Gasteiger partial charge is 0.342 e. The van der Waals surface area contributed by atoms with Crippen LogP contribution in [0.15, 0.2) is 12.1 Å². The summed E-state index contributed by atoms with van der Waals surface area (Å²) in [5, 5.41) is 5.73. The summed E-state index contributed by atoms with van der Waals surface area (Å²) in [5.74, 6) is -2.53. The Labute approximate surface area is 141 Å². The molecule has 1 heterocycles. The standard InChI is InChI=1S/C16H17F2N3O2S/c1-9(22)21-16(5-3-2-4-6-16)14(23)20-15-19-12-7-10(17)11(18)8-13(12)24-15/h7-8H,2-6H2,1H3,(H,21,22)(H,19,20,23). The molecule has 0 aliphatic heterocycles. The normalized spacial score (nSPS) is 16.8. The number of nitrogens with one attached hydrogen (secondary N) is 2. The average molecular weight is 353 g/mol. The van der Waals surface area contributed by atoms with Crippen LogP contribution in [0.4, 0.5) is 13.9 Å². The first kappa shape index (κ1) is 16.8. The number of rotatable bonds is 3. The molecular formula is C16H17F2N3O2S. The van der Waals surface area contributed by atoms with Crippen LogP contribution in [0.3, 0.4) is 0 Å². The first-order valence-electron chi connectivity index (χ1n) is 7.75. The Morgan fingerprint density at radius 2 is 1.83 bits per heavy atom. The minimum absolute atomic E-state index is 0.260. The van der Waals surface area contributed by atoms with Crippen LogP contribution in [0, 0.1) is 11.6 Å². The number of aromatic nitrogens is 1. The topological polar surface area (TPSA) is 71.1 Å². The van der Waals surface area contributed by atoms with Gasteiger partial charge in [-0.25, -0.2) is 13.8 Å². The third-order valence-corrected chi connectivity index (χ3v) is 5.14. The second-order valence-corrected chi connectivity index (χ2v) is 7.06. The Bertz CT molecular complexity index is 761. The molecule has 1 aromatic carbocycles. The molecule has 8 heteroatoms. The van der Waals surface area contributed by atoms with E-state index in [2.05, 4.69) is 15.6 Å². The maximum absolute atomic E-state index is 13.3. The Morgan fingerprint density at radius 1 is 1.17 bits per heavy atom. The lowest BCUT2D eigenvalue weighted by Crippen LogP contribution is -2.57. The lowest BCUT2D eigenvalue weighted by atomic mass is 9.81. The molecule has 5 nitrogen and oxygen atoms in total. The van der Waals surface area contributed by atoms with Gasteiger partial charge in [0.25, 0.3) is 5.91 Å². The smallest absolute Gasteiger partial charge is 0.251 e. The molecule has 1 aromatic heterocycles. The molecule has 0 radical (unpaired) electrons. The molecule has 0 saturated heterocycles. The number of nitrogens with zero attached hydrogens (tertiary/aromatic N) is 1. The van der Waals surface area contributed by atoms with E-state index in [0.29, 0.717) is 17.5 Å². The number of anilines is 1. The van der Waals surface area contributed by atoms with Crippen LogP contribution in [0.25, 0.3) is 10.2 Å². The fourth-order valence-electron chi connectivity index (χ4n) is 3.09. The predicted octanol–water partition coefficient (Wildman–Crippen LogP) is 3.35. The van der Waals surface area contributed by atoms with Gasteiger partial charge in [0.1, 0.15) is 5.54 Å². The van der Waals surface area contributed by atoms with Crippen molar-refractivity contribution in [2.45, 2.75) is 44.6 Å². The number of hydrogen-bond acceptors (Lipinski definition) is 4. The van der Waals surface area contributed by atoms with Gasteiger partial charge in [-0.1, -0.05) is 30.6 Å². The summed E-state index contributed by atoms with van der Waals surface area (Å²) in [6, 6.07) is 2.06. The summed E-state index contributed by atoms with van der Waals surface area (Å²) in [5.41, 5.74) is -0.662. The highest BCUT2D eigenvalue weighted by Gasteiger charge is 2.40. The zero-order chi connectivity index (χ0) is 17.3. The summed E-state index contributed by atoms with van der Waals surface area (Å²) in [6.45, 7) is 1.38. The third kappa shape index (κ3) is 3.24. The predicted molar refractivity (Wildman–Crippen MR) is 87.8 cm³/mol. The molecule has 3 rings (SSSR count). The van der Waals surface area contributed by atoms with E-state index in [1.165, 1.54) is 6.92 Å². The zero-order valence-corrected chi connectivity index (χ0v) is 13.9. The molecule has 2 N–H and O–H groups in total. The maximum atomic E-state index is 13.3. The molecule has 24 heavy (non-hydrogen) atoms. The van der Waals surface area contributed by atoms with E-state index in [1.807, 2.05) is 0 Å². The van der Waals surface area contributed by atoms with Crippen LogP contribution < -0.4 is 10.6 Å². The van der Waals surface area contributed by atoms with Gasteiger partial charge < -0.3 is 5.32 Å². The number of halogens is 2. The van der Waals surface area contributed by atoms with Crippen molar-refractivity contribution < 1.29 is 18.4 Å². The number of fused-ring (bicyclic) bond motifs is 1. The molecule has 1 saturated carbocycles. The Balaban J connectivity index is 1.85. The van der Waals surface area contributed by atoms with E-state index >= 15 is 0 Å². The lowest BCUT2D eigenvalue weighted by molar-refractivity contribution is -0.130. The summed E-state index contributed by atoms with van der Waals surface area (Å²) in [7, 11) is 0. The minimum Gasteiger partial charge on any atom is -0.342 e. The highest BCUT2D eigenvalue weighted by atomic mass is 32.1. The highest BCUT2D eigenvalue weighted by Crippen LogP contribution is 2.32. The number of carbonyl (C=O) groups is 2. The van der Waals surface area contributed by atoms with Crippen LogP contribution in [-0.2, 0) is 9.59 Å². The van der Waals surface area contributed by atoms with E-state index < -0.39 is 17.2 Å². The highest BCUT2D eigenvalue weighted by molar-refractivity contribution is 7.22. The fourth-order valence-corrected chi connectivity index (χ4v) is 3.96. The molecule has 1 fully saturated rings. The van der Waals surface area contributed by atoms with Crippen molar-refractivity contribution in [1.82, 2.24) is 10.3 Å². The monoisotopic (exact) mass is 353 g/mol. The van der Waals surface area contributed by atoms with Gasteiger partial charge in [0.2, 0.25) is 5.91 Å². The van der Waals surface area contributed by atoms with Gasteiger partial charge in [0.15, 0.2) is 16.8 Å². The van der Waals surface area contributed by atoms with Gasteiger partial charge >= 0.3 is 0 Å². The first-order chi connectivity index (χ1) is 11.4. The quantitative estimate of drug-likeness (QED) is 0.889. The van der Waals surface area contributed by atoms with Crippen molar-refractivity contribution in [3.05, 3.63) is 23.8 Å². The van der Waals surface area contributed by atoms with Gasteiger partial charge in [-0.15, -0.1) is 0 Å². The van der Waals surface area contributed by atoms with Crippen LogP contribution in [0.1, 0.15) is 39.0 Å². The molecular weight excluding hydrogens is 336 g/mol. The summed E-state index contributed by atoms with van der Waals surface area (Å²) in [6.07, 6.45) is 3.85. The second-order valence-electron chi connectivity index (χ2n) is 6.03. The van der Waals surface area contributed by atoms with E-state index in [4.69, 9.17) is 0 Å². The average Bonchev–Trinajstić information content (AvgIpc) is 2.89. The Morgan fingerprint density at radius 3 is 2.50 bits per heavy atom. The second kappa shape index (κ2) is 6.43. The van der Waals surface area contributed by atoms with Crippen molar-refractivity contribution in [2.75, 3.05) is 5.32 Å². The van der Waals surface area contributed by atoms with E-state index in [-0.39, 0.29) is 22.5 Å². The van der Waals surface area contributed by atoms with Crippen molar-refractivity contribution >= 4 is 38.5 Å². The van der Waals surface area contributed by atoms with E-state index in [9.17, 15) is 18.4 Å². The molecule has 2 amide bonds. The molecule has 1 aliphatic carbocycles. The van der Waals surface area contributed by atoms with Crippen LogP contribution in [0.2, 0.25) is 0 Å². The lowest BCUT2D eigenvalue weighted by Gasteiger charge is -2.35. The zero-order valence-electron chi connectivity index (χ0n) is 13.1. The summed E-state index contributed by atoms with van der Waals surface area (Å²) < 4.78 is 27.0. The van der Waals surface area contributed by atoms with Crippen LogP contribution >= 0.6 is 11.3 Å². The number of thiazole rings is 1. The Kier molecular flexibility index (Phi) is 4.49. The third-order valence-electron chi connectivity index (χ3n) is 4.21. The van der Waals surface area contributed by atoms with Crippen molar-refractivity contribution in [1.29, 1.82) is 0 Å². The van der Waals surface area contributed by atoms with Gasteiger partial charge in [-0.2, -0.15) is 0 Å². The fraction of sp³-hybridized carbons (Fsp3) is 0.438. The van der Waals surface area contributed by atoms with E-state index in [1.54, 1.807) is 0 Å². The van der Waals surface area contributed by atoms with Crippen molar-refractivity contribution in [3.8, 4) is 0 Å². The molecule has 0 unspecified atom stereocenters.